The van der Waals surface area contributed by atoms with Gasteiger partial charge in [-0.1, -0.05) is 13.8 Å². The summed E-state index contributed by atoms with van der Waals surface area (Å²) in [7, 11) is 4.93. The molecule has 8 heteroatoms. The van der Waals surface area contributed by atoms with E-state index in [1.165, 1.54) is 11.9 Å². The Morgan fingerprint density at radius 1 is 0.778 bits per heavy atom. The van der Waals surface area contributed by atoms with E-state index in [1.807, 2.05) is 0 Å². The summed E-state index contributed by atoms with van der Waals surface area (Å²) in [5.74, 6) is -11.2. The SMILES string of the molecule is CN1/C(=C\C=[N+](C)C)C(C)(C)c2c1c(F)c(F)c1c(F)c(F)c(F)c(F)c21. The maximum Gasteiger partial charge on any atom is 0.198 e. The number of likely N-dealkylation sites (N-methyl/N-ethyl adjacent to an activating group) is 1. The number of allylic oxidation sites excluding steroid dienone is 2. The van der Waals surface area contributed by atoms with Crippen molar-refractivity contribution >= 4 is 22.7 Å². The Bertz CT molecular complexity index is 1050. The van der Waals surface area contributed by atoms with Gasteiger partial charge in [-0.15, -0.1) is 0 Å². The third-order valence-electron chi connectivity index (χ3n) is 4.87. The van der Waals surface area contributed by atoms with Gasteiger partial charge in [0, 0.05) is 35.2 Å². The van der Waals surface area contributed by atoms with Crippen LogP contribution in [0.5, 0.6) is 0 Å². The summed E-state index contributed by atoms with van der Waals surface area (Å²) in [6.45, 7) is 3.17. The number of anilines is 1. The monoisotopic (exact) mass is 387 g/mol. The highest BCUT2D eigenvalue weighted by atomic mass is 19.2. The first-order valence-corrected chi connectivity index (χ1v) is 8.05. The molecule has 0 unspecified atom stereocenters. The van der Waals surface area contributed by atoms with Gasteiger partial charge in [0.15, 0.2) is 41.1 Å². The van der Waals surface area contributed by atoms with Crippen LogP contribution in [0.25, 0.3) is 10.8 Å². The van der Waals surface area contributed by atoms with E-state index in [9.17, 15) is 26.3 Å². The second kappa shape index (κ2) is 6.00. The van der Waals surface area contributed by atoms with Gasteiger partial charge in [-0.25, -0.2) is 30.9 Å². The van der Waals surface area contributed by atoms with Crippen LogP contribution >= 0.6 is 0 Å². The molecule has 1 aliphatic rings. The Balaban J connectivity index is 2.57. The van der Waals surface area contributed by atoms with Crippen LogP contribution in [0.1, 0.15) is 19.4 Å². The lowest BCUT2D eigenvalue weighted by atomic mass is 9.80. The van der Waals surface area contributed by atoms with E-state index in [1.54, 1.807) is 44.8 Å². The van der Waals surface area contributed by atoms with Crippen LogP contribution in [0.2, 0.25) is 0 Å². The fraction of sp³-hybridized carbons (Fsp3) is 0.316. The van der Waals surface area contributed by atoms with Crippen molar-refractivity contribution in [3.05, 3.63) is 52.2 Å². The van der Waals surface area contributed by atoms with Crippen molar-refractivity contribution in [2.75, 3.05) is 26.0 Å². The summed E-state index contributed by atoms with van der Waals surface area (Å²) in [5, 5.41) is -2.03. The quantitative estimate of drug-likeness (QED) is 0.227. The molecule has 1 heterocycles. The predicted octanol–water partition coefficient (Wildman–Crippen LogP) is 4.63. The highest BCUT2D eigenvalue weighted by Gasteiger charge is 2.45. The van der Waals surface area contributed by atoms with Gasteiger partial charge in [0.1, 0.15) is 14.1 Å². The van der Waals surface area contributed by atoms with Gasteiger partial charge < -0.3 is 4.90 Å². The number of nitrogens with zero attached hydrogens (tertiary/aromatic N) is 2. The van der Waals surface area contributed by atoms with Crippen molar-refractivity contribution in [2.24, 2.45) is 0 Å². The Kier molecular flexibility index (Phi) is 4.28. The maximum atomic E-state index is 14.8. The molecule has 0 bridgehead atoms. The fourth-order valence-electron chi connectivity index (χ4n) is 3.65. The maximum absolute atomic E-state index is 14.8. The largest absolute Gasteiger partial charge is 0.344 e. The molecule has 0 saturated heterocycles. The Morgan fingerprint density at radius 3 is 1.78 bits per heavy atom. The van der Waals surface area contributed by atoms with Crippen LogP contribution in [0.3, 0.4) is 0 Å². The first-order valence-electron chi connectivity index (χ1n) is 8.05. The Morgan fingerprint density at radius 2 is 1.26 bits per heavy atom. The van der Waals surface area contributed by atoms with E-state index >= 15 is 0 Å². The zero-order chi connectivity index (χ0) is 20.4. The highest BCUT2D eigenvalue weighted by molar-refractivity contribution is 5.97. The summed E-state index contributed by atoms with van der Waals surface area (Å²) >= 11 is 0. The number of hydrogen-bond acceptors (Lipinski definition) is 1. The van der Waals surface area contributed by atoms with Crippen LogP contribution in [-0.4, -0.2) is 31.9 Å². The average molecular weight is 387 g/mol. The molecule has 0 atom stereocenters. The van der Waals surface area contributed by atoms with E-state index in [0.717, 1.165) is 0 Å². The van der Waals surface area contributed by atoms with Gasteiger partial charge in [-0.3, -0.25) is 0 Å². The molecule has 2 nitrogen and oxygen atoms in total. The third kappa shape index (κ3) is 2.45. The molecule has 27 heavy (non-hydrogen) atoms. The van der Waals surface area contributed by atoms with E-state index in [2.05, 4.69) is 0 Å². The molecule has 144 valence electrons. The van der Waals surface area contributed by atoms with Crippen molar-refractivity contribution in [1.29, 1.82) is 0 Å². The van der Waals surface area contributed by atoms with Gasteiger partial charge >= 0.3 is 0 Å². The van der Waals surface area contributed by atoms with Crippen LogP contribution in [0.4, 0.5) is 32.0 Å². The number of fused-ring (bicyclic) bond motifs is 3. The van der Waals surface area contributed by atoms with E-state index in [4.69, 9.17) is 0 Å². The summed E-state index contributed by atoms with van der Waals surface area (Å²) in [4.78, 5) is 1.30. The van der Waals surface area contributed by atoms with E-state index in [-0.39, 0.29) is 11.3 Å². The Labute approximate surface area is 152 Å². The van der Waals surface area contributed by atoms with Gasteiger partial charge in [-0.05, 0) is 0 Å². The van der Waals surface area contributed by atoms with Crippen molar-refractivity contribution in [3.63, 3.8) is 0 Å². The zero-order valence-corrected chi connectivity index (χ0v) is 15.3. The van der Waals surface area contributed by atoms with E-state index in [0.29, 0.717) is 5.70 Å². The smallest absolute Gasteiger partial charge is 0.198 e. The lowest BCUT2D eigenvalue weighted by molar-refractivity contribution is -0.458. The van der Waals surface area contributed by atoms with E-state index < -0.39 is 51.1 Å². The topological polar surface area (TPSA) is 6.25 Å². The van der Waals surface area contributed by atoms with Crippen molar-refractivity contribution < 1.29 is 30.9 Å². The minimum absolute atomic E-state index is 0.146. The third-order valence-corrected chi connectivity index (χ3v) is 4.87. The van der Waals surface area contributed by atoms with Crippen molar-refractivity contribution in [2.45, 2.75) is 19.3 Å². The number of benzene rings is 2. The number of rotatable bonds is 1. The Hall–Kier alpha value is -2.51. The van der Waals surface area contributed by atoms with Gasteiger partial charge in [-0.2, -0.15) is 0 Å². The fourth-order valence-corrected chi connectivity index (χ4v) is 3.65. The lowest BCUT2D eigenvalue weighted by Crippen LogP contribution is -2.23. The average Bonchev–Trinajstić information content (AvgIpc) is 2.78. The van der Waals surface area contributed by atoms with Crippen LogP contribution in [0.15, 0.2) is 11.8 Å². The molecule has 0 spiro atoms. The van der Waals surface area contributed by atoms with Crippen molar-refractivity contribution in [3.8, 4) is 0 Å². The first-order chi connectivity index (χ1) is 12.4. The predicted molar refractivity (Wildman–Crippen MR) is 91.4 cm³/mol. The standard InChI is InChI=1S/C19H17F6N2/c1-19(2)8(6-7-26(3)4)27(5)18-11(19)9-10(14(22)17(18)25)13(21)16(24)15(23)12(9)20/h6-7H,1-5H3/q+1. The summed E-state index contributed by atoms with van der Waals surface area (Å²) in [6.07, 6.45) is 3.25. The zero-order valence-electron chi connectivity index (χ0n) is 15.3. The number of halogens is 6. The molecule has 0 saturated carbocycles. The summed E-state index contributed by atoms with van der Waals surface area (Å²) < 4.78 is 87.3. The minimum Gasteiger partial charge on any atom is -0.344 e. The normalized spacial score (nSPS) is 17.0. The molecule has 3 rings (SSSR count). The minimum atomic E-state index is -2.18. The molecule has 0 aromatic heterocycles. The molecule has 2 aromatic carbocycles. The lowest BCUT2D eigenvalue weighted by Gasteiger charge is -2.24. The molecule has 0 fully saturated rings. The number of hydrogen-bond donors (Lipinski definition) is 0. The van der Waals surface area contributed by atoms with Gasteiger partial charge in [0.25, 0.3) is 0 Å². The summed E-state index contributed by atoms with van der Waals surface area (Å²) in [5.41, 5.74) is -1.18. The molecule has 0 aliphatic carbocycles. The second-order valence-electron chi connectivity index (χ2n) is 7.21. The summed E-state index contributed by atoms with van der Waals surface area (Å²) in [6, 6.07) is 0. The molecule has 1 aliphatic heterocycles. The highest BCUT2D eigenvalue weighted by Crippen LogP contribution is 2.53. The molecular weight excluding hydrogens is 370 g/mol. The van der Waals surface area contributed by atoms with Gasteiger partial charge in [0.2, 0.25) is 0 Å². The first kappa shape index (κ1) is 19.3. The molecule has 0 radical (unpaired) electrons. The van der Waals surface area contributed by atoms with Crippen LogP contribution < -0.4 is 4.90 Å². The van der Waals surface area contributed by atoms with Crippen LogP contribution in [0, 0.1) is 34.9 Å². The molecular formula is C19H17F6N2+. The molecule has 0 amide bonds. The van der Waals surface area contributed by atoms with Gasteiger partial charge in [0.05, 0.1) is 11.1 Å². The van der Waals surface area contributed by atoms with Crippen LogP contribution in [-0.2, 0) is 5.41 Å². The second-order valence-corrected chi connectivity index (χ2v) is 7.21. The molecule has 2 aromatic rings. The molecule has 0 N–H and O–H groups in total. The van der Waals surface area contributed by atoms with Crippen molar-refractivity contribution in [1.82, 2.24) is 0 Å².